The Morgan fingerprint density at radius 2 is 1.94 bits per heavy atom. The van der Waals surface area contributed by atoms with E-state index in [2.05, 4.69) is 4.90 Å². The average molecular weight is 254 g/mol. The molecule has 4 nitrogen and oxygen atoms in total. The minimum absolute atomic E-state index is 0.208. The van der Waals surface area contributed by atoms with Gasteiger partial charge in [-0.2, -0.15) is 0 Å². The topological polar surface area (TPSA) is 66.6 Å². The van der Waals surface area contributed by atoms with Crippen LogP contribution in [0.2, 0.25) is 0 Å². The van der Waals surface area contributed by atoms with Gasteiger partial charge in [-0.05, 0) is 51.4 Å². The van der Waals surface area contributed by atoms with Gasteiger partial charge in [0, 0.05) is 31.2 Å². The van der Waals surface area contributed by atoms with Crippen LogP contribution in [0.3, 0.4) is 0 Å². The van der Waals surface area contributed by atoms with Crippen molar-refractivity contribution in [1.29, 1.82) is 0 Å². The number of hydrogen-bond acceptors (Lipinski definition) is 3. The molecule has 0 spiro atoms. The van der Waals surface area contributed by atoms with Crippen LogP contribution in [0.15, 0.2) is 0 Å². The highest BCUT2D eigenvalue weighted by atomic mass is 16.3. The molecule has 3 N–H and O–H groups in total. The summed E-state index contributed by atoms with van der Waals surface area (Å²) in [5.74, 6) is 0.557. The summed E-state index contributed by atoms with van der Waals surface area (Å²) in [6.07, 6.45) is 7.90. The highest BCUT2D eigenvalue weighted by Crippen LogP contribution is 2.29. The number of rotatable bonds is 4. The van der Waals surface area contributed by atoms with Gasteiger partial charge in [-0.15, -0.1) is 0 Å². The van der Waals surface area contributed by atoms with Gasteiger partial charge in [0.2, 0.25) is 5.91 Å². The van der Waals surface area contributed by atoms with Gasteiger partial charge in [0.05, 0.1) is 0 Å². The van der Waals surface area contributed by atoms with Gasteiger partial charge < -0.3 is 15.7 Å². The standard InChI is InChI=1S/C14H26N2O2/c15-12-7-5-11(6-8-12)14(18)16-9-1-3-13(16)4-2-10-17/h11-13,17H,1-10,15H2. The molecule has 0 aromatic carbocycles. The molecule has 1 unspecified atom stereocenters. The van der Waals surface area contributed by atoms with Crippen LogP contribution >= 0.6 is 0 Å². The van der Waals surface area contributed by atoms with E-state index >= 15 is 0 Å². The molecule has 0 aromatic heterocycles. The summed E-state index contributed by atoms with van der Waals surface area (Å²) in [6.45, 7) is 1.15. The van der Waals surface area contributed by atoms with Crippen molar-refractivity contribution >= 4 is 5.91 Å². The summed E-state index contributed by atoms with van der Waals surface area (Å²) in [5, 5.41) is 8.91. The van der Waals surface area contributed by atoms with Crippen LogP contribution in [0.5, 0.6) is 0 Å². The van der Waals surface area contributed by atoms with E-state index < -0.39 is 0 Å². The smallest absolute Gasteiger partial charge is 0.225 e. The Balaban J connectivity index is 1.87. The van der Waals surface area contributed by atoms with Crippen LogP contribution < -0.4 is 5.73 Å². The first-order valence-electron chi connectivity index (χ1n) is 7.39. The molecule has 0 aromatic rings. The zero-order valence-electron chi connectivity index (χ0n) is 11.2. The number of nitrogens with zero attached hydrogens (tertiary/aromatic N) is 1. The van der Waals surface area contributed by atoms with E-state index in [-0.39, 0.29) is 12.5 Å². The largest absolute Gasteiger partial charge is 0.396 e. The molecular formula is C14H26N2O2. The van der Waals surface area contributed by atoms with Crippen molar-refractivity contribution < 1.29 is 9.90 Å². The third-order valence-corrected chi connectivity index (χ3v) is 4.48. The molecule has 2 fully saturated rings. The van der Waals surface area contributed by atoms with Crippen LogP contribution in [-0.2, 0) is 4.79 Å². The minimum Gasteiger partial charge on any atom is -0.396 e. The Morgan fingerprint density at radius 1 is 1.22 bits per heavy atom. The zero-order valence-corrected chi connectivity index (χ0v) is 11.2. The van der Waals surface area contributed by atoms with Crippen LogP contribution in [0.4, 0.5) is 0 Å². The lowest BCUT2D eigenvalue weighted by Gasteiger charge is -2.32. The van der Waals surface area contributed by atoms with E-state index in [4.69, 9.17) is 10.8 Å². The first-order chi connectivity index (χ1) is 8.72. The van der Waals surface area contributed by atoms with Gasteiger partial charge >= 0.3 is 0 Å². The number of nitrogens with two attached hydrogens (primary N) is 1. The number of amides is 1. The van der Waals surface area contributed by atoms with Crippen molar-refractivity contribution in [2.75, 3.05) is 13.2 Å². The van der Waals surface area contributed by atoms with Gasteiger partial charge in [-0.1, -0.05) is 0 Å². The van der Waals surface area contributed by atoms with Crippen molar-refractivity contribution in [3.8, 4) is 0 Å². The fourth-order valence-corrected chi connectivity index (χ4v) is 3.35. The number of aliphatic hydroxyl groups is 1. The molecule has 0 bridgehead atoms. The summed E-state index contributed by atoms with van der Waals surface area (Å²) >= 11 is 0. The van der Waals surface area contributed by atoms with E-state index in [1.54, 1.807) is 0 Å². The fourth-order valence-electron chi connectivity index (χ4n) is 3.35. The Hall–Kier alpha value is -0.610. The zero-order chi connectivity index (χ0) is 13.0. The summed E-state index contributed by atoms with van der Waals surface area (Å²) in [4.78, 5) is 14.6. The molecule has 1 aliphatic carbocycles. The average Bonchev–Trinajstić information content (AvgIpc) is 2.84. The van der Waals surface area contributed by atoms with Crippen LogP contribution in [-0.4, -0.2) is 41.1 Å². The molecule has 2 rings (SSSR count). The highest BCUT2D eigenvalue weighted by molar-refractivity contribution is 5.79. The summed E-state index contributed by atoms with van der Waals surface area (Å²) < 4.78 is 0. The number of aliphatic hydroxyl groups excluding tert-OH is 1. The quantitative estimate of drug-likeness (QED) is 0.794. The molecule has 0 radical (unpaired) electrons. The highest BCUT2D eigenvalue weighted by Gasteiger charge is 2.34. The first kappa shape index (κ1) is 13.8. The molecular weight excluding hydrogens is 228 g/mol. The molecule has 1 atom stereocenters. The van der Waals surface area contributed by atoms with E-state index in [0.29, 0.717) is 18.0 Å². The lowest BCUT2D eigenvalue weighted by molar-refractivity contribution is -0.137. The SMILES string of the molecule is NC1CCC(C(=O)N2CCCC2CCCO)CC1. The third-order valence-electron chi connectivity index (χ3n) is 4.48. The Bertz CT molecular complexity index is 275. The number of carbonyl (C=O) groups excluding carboxylic acids is 1. The lowest BCUT2D eigenvalue weighted by atomic mass is 9.85. The molecule has 2 aliphatic rings. The van der Waals surface area contributed by atoms with Crippen LogP contribution in [0, 0.1) is 5.92 Å². The van der Waals surface area contributed by atoms with Gasteiger partial charge in [-0.25, -0.2) is 0 Å². The second kappa shape index (κ2) is 6.53. The molecule has 1 aliphatic heterocycles. The molecule has 104 valence electrons. The van der Waals surface area contributed by atoms with Gasteiger partial charge in [0.1, 0.15) is 0 Å². The molecule has 1 saturated carbocycles. The second-order valence-electron chi connectivity index (χ2n) is 5.81. The van der Waals surface area contributed by atoms with Crippen LogP contribution in [0.25, 0.3) is 0 Å². The lowest BCUT2D eigenvalue weighted by Crippen LogP contribution is -2.42. The molecule has 1 amide bonds. The Labute approximate surface area is 110 Å². The molecule has 18 heavy (non-hydrogen) atoms. The maximum Gasteiger partial charge on any atom is 0.225 e. The van der Waals surface area contributed by atoms with E-state index in [1.807, 2.05) is 0 Å². The van der Waals surface area contributed by atoms with E-state index in [1.165, 1.54) is 0 Å². The number of likely N-dealkylation sites (tertiary alicyclic amines) is 1. The monoisotopic (exact) mass is 254 g/mol. The van der Waals surface area contributed by atoms with Crippen LogP contribution in [0.1, 0.15) is 51.4 Å². The van der Waals surface area contributed by atoms with E-state index in [9.17, 15) is 4.79 Å². The second-order valence-corrected chi connectivity index (χ2v) is 5.81. The molecule has 4 heteroatoms. The van der Waals surface area contributed by atoms with Gasteiger partial charge in [-0.3, -0.25) is 4.79 Å². The predicted octanol–water partition coefficient (Wildman–Crippen LogP) is 1.27. The summed E-state index contributed by atoms with van der Waals surface area (Å²) in [5.41, 5.74) is 5.89. The predicted molar refractivity (Wildman–Crippen MR) is 71.0 cm³/mol. The van der Waals surface area contributed by atoms with Crippen molar-refractivity contribution in [3.63, 3.8) is 0 Å². The van der Waals surface area contributed by atoms with Crippen molar-refractivity contribution in [2.45, 2.75) is 63.5 Å². The van der Waals surface area contributed by atoms with Crippen molar-refractivity contribution in [2.24, 2.45) is 11.7 Å². The van der Waals surface area contributed by atoms with Gasteiger partial charge in [0.15, 0.2) is 0 Å². The Morgan fingerprint density at radius 3 is 2.61 bits per heavy atom. The molecule has 1 heterocycles. The van der Waals surface area contributed by atoms with Gasteiger partial charge in [0.25, 0.3) is 0 Å². The van der Waals surface area contributed by atoms with E-state index in [0.717, 1.165) is 57.9 Å². The maximum absolute atomic E-state index is 12.5. The summed E-state index contributed by atoms with van der Waals surface area (Å²) in [6, 6.07) is 0.679. The first-order valence-corrected chi connectivity index (χ1v) is 7.39. The minimum atomic E-state index is 0.208. The molecule has 1 saturated heterocycles. The normalized spacial score (nSPS) is 32.8. The Kier molecular flexibility index (Phi) is 5.01. The maximum atomic E-state index is 12.5. The fraction of sp³-hybridized carbons (Fsp3) is 0.929. The third kappa shape index (κ3) is 3.23. The number of hydrogen-bond donors (Lipinski definition) is 2. The summed E-state index contributed by atoms with van der Waals surface area (Å²) in [7, 11) is 0. The number of carbonyl (C=O) groups is 1. The van der Waals surface area contributed by atoms with Crippen molar-refractivity contribution in [3.05, 3.63) is 0 Å². The van der Waals surface area contributed by atoms with Crippen molar-refractivity contribution in [1.82, 2.24) is 4.90 Å².